The number of hydrogen-bond acceptors (Lipinski definition) is 5. The van der Waals surface area contributed by atoms with E-state index in [2.05, 4.69) is 10.1 Å². The van der Waals surface area contributed by atoms with E-state index in [1.54, 1.807) is 17.1 Å². The first-order chi connectivity index (χ1) is 8.94. The second kappa shape index (κ2) is 4.09. The Labute approximate surface area is 111 Å². The summed E-state index contributed by atoms with van der Waals surface area (Å²) < 4.78 is 26.4. The quantitative estimate of drug-likeness (QED) is 0.849. The predicted octanol–water partition coefficient (Wildman–Crippen LogP) is 0.225. The van der Waals surface area contributed by atoms with Gasteiger partial charge in [0.15, 0.2) is 9.84 Å². The molecule has 102 valence electrons. The average molecular weight is 281 g/mol. The molecule has 1 fully saturated rings. The third-order valence-corrected chi connectivity index (χ3v) is 5.04. The summed E-state index contributed by atoms with van der Waals surface area (Å²) in [6.45, 7) is 0. The number of nitrogens with zero attached hydrogens (tertiary/aromatic N) is 4. The zero-order chi connectivity index (χ0) is 13.6. The lowest BCUT2D eigenvalue weighted by Gasteiger charge is -2.09. The maximum absolute atomic E-state index is 11.5. The SMILES string of the molecule is Cn1cnc(-c2cc(N)n(C3CCS(=O)(=O)C3)n2)c1. The summed E-state index contributed by atoms with van der Waals surface area (Å²) in [5.74, 6) is 0.791. The second-order valence-electron chi connectivity index (χ2n) is 4.88. The lowest BCUT2D eigenvalue weighted by Crippen LogP contribution is -2.14. The van der Waals surface area contributed by atoms with Crippen LogP contribution in [0.4, 0.5) is 5.82 Å². The molecule has 1 aliphatic heterocycles. The van der Waals surface area contributed by atoms with Gasteiger partial charge in [-0.1, -0.05) is 0 Å². The van der Waals surface area contributed by atoms with Crippen LogP contribution in [-0.2, 0) is 16.9 Å². The number of nitrogen functional groups attached to an aromatic ring is 1. The number of hydrogen-bond donors (Lipinski definition) is 1. The van der Waals surface area contributed by atoms with Crippen molar-refractivity contribution in [2.75, 3.05) is 17.2 Å². The molecule has 8 heteroatoms. The van der Waals surface area contributed by atoms with E-state index < -0.39 is 9.84 Å². The molecule has 19 heavy (non-hydrogen) atoms. The first kappa shape index (κ1) is 12.2. The first-order valence-corrected chi connectivity index (χ1v) is 7.80. The summed E-state index contributed by atoms with van der Waals surface area (Å²) in [6, 6.07) is 1.57. The van der Waals surface area contributed by atoms with Crippen LogP contribution in [0.2, 0.25) is 0 Å². The molecule has 3 rings (SSSR count). The van der Waals surface area contributed by atoms with Gasteiger partial charge in [-0.05, 0) is 6.42 Å². The van der Waals surface area contributed by atoms with E-state index in [9.17, 15) is 8.42 Å². The minimum atomic E-state index is -2.95. The fraction of sp³-hybridized carbons (Fsp3) is 0.455. The van der Waals surface area contributed by atoms with E-state index in [-0.39, 0.29) is 17.5 Å². The monoisotopic (exact) mass is 281 g/mol. The highest BCUT2D eigenvalue weighted by Gasteiger charge is 2.31. The predicted molar refractivity (Wildman–Crippen MR) is 71.1 cm³/mol. The molecule has 2 aromatic rings. The number of aromatic nitrogens is 4. The molecule has 2 aromatic heterocycles. The minimum absolute atomic E-state index is 0.112. The Kier molecular flexibility index (Phi) is 2.63. The van der Waals surface area contributed by atoms with Crippen molar-refractivity contribution < 1.29 is 8.42 Å². The number of imidazole rings is 1. The molecule has 0 aliphatic carbocycles. The Morgan fingerprint density at radius 3 is 2.79 bits per heavy atom. The molecule has 0 saturated carbocycles. The van der Waals surface area contributed by atoms with Crippen molar-refractivity contribution in [3.63, 3.8) is 0 Å². The van der Waals surface area contributed by atoms with Crippen molar-refractivity contribution in [2.45, 2.75) is 12.5 Å². The number of anilines is 1. The molecule has 1 aliphatic rings. The molecule has 1 saturated heterocycles. The molecule has 1 atom stereocenters. The minimum Gasteiger partial charge on any atom is -0.384 e. The van der Waals surface area contributed by atoms with Crippen molar-refractivity contribution >= 4 is 15.7 Å². The van der Waals surface area contributed by atoms with Gasteiger partial charge in [-0.2, -0.15) is 5.10 Å². The summed E-state index contributed by atoms with van der Waals surface area (Å²) in [6.07, 6.45) is 4.10. The largest absolute Gasteiger partial charge is 0.384 e. The van der Waals surface area contributed by atoms with E-state index in [1.165, 1.54) is 0 Å². The zero-order valence-electron chi connectivity index (χ0n) is 10.5. The summed E-state index contributed by atoms with van der Waals surface area (Å²) in [4.78, 5) is 4.21. The average Bonchev–Trinajstić information content (AvgIpc) is 2.98. The van der Waals surface area contributed by atoms with Crippen LogP contribution in [0.25, 0.3) is 11.4 Å². The maximum Gasteiger partial charge on any atom is 0.152 e. The van der Waals surface area contributed by atoms with Crippen molar-refractivity contribution in [3.05, 3.63) is 18.6 Å². The van der Waals surface area contributed by atoms with Crippen LogP contribution < -0.4 is 5.73 Å². The second-order valence-corrected chi connectivity index (χ2v) is 7.11. The van der Waals surface area contributed by atoms with E-state index in [0.29, 0.717) is 17.9 Å². The van der Waals surface area contributed by atoms with Gasteiger partial charge in [0.1, 0.15) is 17.2 Å². The van der Waals surface area contributed by atoms with Crippen LogP contribution in [0.5, 0.6) is 0 Å². The summed E-state index contributed by atoms with van der Waals surface area (Å²) in [5, 5.41) is 4.39. The van der Waals surface area contributed by atoms with Crippen LogP contribution >= 0.6 is 0 Å². The normalized spacial score (nSPS) is 21.8. The Balaban J connectivity index is 1.94. The van der Waals surface area contributed by atoms with Gasteiger partial charge in [-0.15, -0.1) is 0 Å². The van der Waals surface area contributed by atoms with Crippen LogP contribution in [0.15, 0.2) is 18.6 Å². The first-order valence-electron chi connectivity index (χ1n) is 5.98. The highest BCUT2D eigenvalue weighted by Crippen LogP contribution is 2.28. The molecule has 0 spiro atoms. The molecule has 7 nitrogen and oxygen atoms in total. The van der Waals surface area contributed by atoms with Crippen molar-refractivity contribution in [1.29, 1.82) is 0 Å². The lowest BCUT2D eigenvalue weighted by atomic mass is 10.3. The van der Waals surface area contributed by atoms with Crippen molar-refractivity contribution in [3.8, 4) is 11.4 Å². The highest BCUT2D eigenvalue weighted by molar-refractivity contribution is 7.91. The molecule has 1 unspecified atom stereocenters. The molecule has 0 aromatic carbocycles. The third kappa shape index (κ3) is 2.23. The molecule has 0 radical (unpaired) electrons. The van der Waals surface area contributed by atoms with Gasteiger partial charge in [-0.25, -0.2) is 18.1 Å². The van der Waals surface area contributed by atoms with Crippen LogP contribution in [0.1, 0.15) is 12.5 Å². The van der Waals surface area contributed by atoms with Crippen molar-refractivity contribution in [1.82, 2.24) is 19.3 Å². The zero-order valence-corrected chi connectivity index (χ0v) is 11.3. The molecule has 0 amide bonds. The van der Waals surface area contributed by atoms with E-state index in [1.807, 2.05) is 17.8 Å². The molecule has 2 N–H and O–H groups in total. The van der Waals surface area contributed by atoms with Gasteiger partial charge in [0.05, 0.1) is 23.9 Å². The maximum atomic E-state index is 11.5. The number of nitrogens with two attached hydrogens (primary N) is 1. The number of rotatable bonds is 2. The van der Waals surface area contributed by atoms with Crippen LogP contribution in [0.3, 0.4) is 0 Å². The van der Waals surface area contributed by atoms with Crippen molar-refractivity contribution in [2.24, 2.45) is 7.05 Å². The van der Waals surface area contributed by atoms with E-state index in [4.69, 9.17) is 5.73 Å². The Hall–Kier alpha value is -1.83. The Morgan fingerprint density at radius 1 is 1.42 bits per heavy atom. The van der Waals surface area contributed by atoms with Crippen LogP contribution in [0, 0.1) is 0 Å². The molecule has 3 heterocycles. The standard InChI is InChI=1S/C11H15N5O2S/c1-15-5-10(13-7-15)9-4-11(12)16(14-9)8-2-3-19(17,18)6-8/h4-5,7-8H,2-3,6,12H2,1H3. The summed E-state index contributed by atoms with van der Waals surface area (Å²) in [7, 11) is -1.07. The fourth-order valence-electron chi connectivity index (χ4n) is 2.34. The Bertz CT molecular complexity index is 715. The van der Waals surface area contributed by atoms with Gasteiger partial charge in [0.25, 0.3) is 0 Å². The molecular formula is C11H15N5O2S. The lowest BCUT2D eigenvalue weighted by molar-refractivity contribution is 0.508. The van der Waals surface area contributed by atoms with Gasteiger partial charge in [0.2, 0.25) is 0 Å². The molecule has 0 bridgehead atoms. The van der Waals surface area contributed by atoms with Gasteiger partial charge >= 0.3 is 0 Å². The van der Waals surface area contributed by atoms with Crippen LogP contribution in [-0.4, -0.2) is 39.3 Å². The van der Waals surface area contributed by atoms with E-state index >= 15 is 0 Å². The topological polar surface area (TPSA) is 95.8 Å². The van der Waals surface area contributed by atoms with Gasteiger partial charge in [-0.3, -0.25) is 0 Å². The number of aryl methyl sites for hydroxylation is 1. The fourth-order valence-corrected chi connectivity index (χ4v) is 4.03. The third-order valence-electron chi connectivity index (χ3n) is 3.29. The summed E-state index contributed by atoms with van der Waals surface area (Å²) >= 11 is 0. The molecular weight excluding hydrogens is 266 g/mol. The smallest absolute Gasteiger partial charge is 0.152 e. The summed E-state index contributed by atoms with van der Waals surface area (Å²) in [5.41, 5.74) is 7.32. The van der Waals surface area contributed by atoms with Gasteiger partial charge in [0, 0.05) is 19.3 Å². The van der Waals surface area contributed by atoms with Gasteiger partial charge < -0.3 is 10.3 Å². The Morgan fingerprint density at radius 2 is 2.21 bits per heavy atom. The number of sulfone groups is 1. The van der Waals surface area contributed by atoms with E-state index in [0.717, 1.165) is 5.69 Å². The highest BCUT2D eigenvalue weighted by atomic mass is 32.2.